The fourth-order valence-corrected chi connectivity index (χ4v) is 4.99. The zero-order valence-electron chi connectivity index (χ0n) is 14.8. The molecule has 0 unspecified atom stereocenters. The molecule has 2 heterocycles. The number of rotatable bonds is 4. The molecule has 2 aromatic carbocycles. The maximum Gasteiger partial charge on any atom is 0.263 e. The Morgan fingerprint density at radius 2 is 2.07 bits per heavy atom. The van der Waals surface area contributed by atoms with Crippen LogP contribution in [0.25, 0.3) is 0 Å². The number of halogens is 1. The lowest BCUT2D eigenvalue weighted by molar-refractivity contribution is 0.0985. The molecular weight excluding hydrogens is 401 g/mol. The Bertz CT molecular complexity index is 1160. The van der Waals surface area contributed by atoms with Crippen LogP contribution in [0.3, 0.4) is 0 Å². The quantitative estimate of drug-likeness (QED) is 0.704. The summed E-state index contributed by atoms with van der Waals surface area (Å²) >= 11 is 1.18. The van der Waals surface area contributed by atoms with Gasteiger partial charge in [0.25, 0.3) is 15.9 Å². The fourth-order valence-electron chi connectivity index (χ4n) is 3.15. The normalized spacial score (nSPS) is 13.4. The molecule has 0 fully saturated rings. The van der Waals surface area contributed by atoms with Gasteiger partial charge >= 0.3 is 0 Å². The number of nitrogens with zero attached hydrogens (tertiary/aromatic N) is 2. The number of fused-ring (bicyclic) bond motifs is 1. The molecule has 0 atom stereocenters. The Balaban J connectivity index is 1.63. The van der Waals surface area contributed by atoms with Gasteiger partial charge in [0.05, 0.1) is 10.5 Å². The number of carbonyl (C=O) groups excluding carboxylic acids is 1. The first-order chi connectivity index (χ1) is 13.3. The van der Waals surface area contributed by atoms with Crippen molar-refractivity contribution in [3.8, 4) is 0 Å². The Morgan fingerprint density at radius 3 is 2.82 bits per heavy atom. The molecule has 3 aromatic rings. The summed E-state index contributed by atoms with van der Waals surface area (Å²) in [4.78, 5) is 18.3. The average Bonchev–Trinajstić information content (AvgIpc) is 3.31. The van der Waals surface area contributed by atoms with Crippen LogP contribution in [0.1, 0.15) is 21.5 Å². The van der Waals surface area contributed by atoms with Crippen molar-refractivity contribution >= 4 is 38.1 Å². The van der Waals surface area contributed by atoms with E-state index in [1.165, 1.54) is 40.6 Å². The van der Waals surface area contributed by atoms with E-state index in [9.17, 15) is 17.6 Å². The number of aryl methyl sites for hydroxylation is 1. The summed E-state index contributed by atoms with van der Waals surface area (Å²) in [6.07, 6.45) is 2.01. The first-order valence-corrected chi connectivity index (χ1v) is 10.8. The van der Waals surface area contributed by atoms with Gasteiger partial charge in [-0.15, -0.1) is 11.3 Å². The summed E-state index contributed by atoms with van der Waals surface area (Å²) in [6, 6.07) is 8.98. The predicted octanol–water partition coefficient (Wildman–Crippen LogP) is 3.59. The third-order valence-corrected chi connectivity index (χ3v) is 6.66. The number of sulfonamides is 1. The van der Waals surface area contributed by atoms with Crippen molar-refractivity contribution in [1.82, 2.24) is 4.98 Å². The fraction of sp³-hybridized carbons (Fsp3) is 0.158. The number of anilines is 2. The van der Waals surface area contributed by atoms with E-state index in [1.807, 2.05) is 0 Å². The SMILES string of the molecule is Cc1ccc(F)c(C(=O)N2CCc3cc(S(=O)(=O)Nc4nccs4)ccc32)c1. The van der Waals surface area contributed by atoms with Crippen LogP contribution in [0, 0.1) is 12.7 Å². The van der Waals surface area contributed by atoms with Crippen LogP contribution in [0.15, 0.2) is 52.9 Å². The number of hydrogen-bond donors (Lipinski definition) is 1. The topological polar surface area (TPSA) is 79.4 Å². The van der Waals surface area contributed by atoms with E-state index < -0.39 is 21.7 Å². The number of nitrogens with one attached hydrogen (secondary N) is 1. The number of carbonyl (C=O) groups is 1. The molecule has 1 aliphatic heterocycles. The first kappa shape index (κ1) is 18.6. The Hall–Kier alpha value is -2.78. The van der Waals surface area contributed by atoms with Crippen LogP contribution < -0.4 is 9.62 Å². The Kier molecular flexibility index (Phi) is 4.64. The lowest BCUT2D eigenvalue weighted by atomic mass is 10.1. The summed E-state index contributed by atoms with van der Waals surface area (Å²) in [6.45, 7) is 2.16. The highest BCUT2D eigenvalue weighted by Crippen LogP contribution is 2.32. The predicted molar refractivity (Wildman–Crippen MR) is 106 cm³/mol. The highest BCUT2D eigenvalue weighted by Gasteiger charge is 2.29. The Labute approximate surface area is 165 Å². The highest BCUT2D eigenvalue weighted by molar-refractivity contribution is 7.93. The van der Waals surface area contributed by atoms with Crippen LogP contribution in [-0.4, -0.2) is 25.9 Å². The maximum absolute atomic E-state index is 14.1. The van der Waals surface area contributed by atoms with Gasteiger partial charge in [-0.05, 0) is 49.2 Å². The van der Waals surface area contributed by atoms with E-state index in [0.29, 0.717) is 18.7 Å². The molecule has 0 spiro atoms. The first-order valence-electron chi connectivity index (χ1n) is 8.48. The average molecular weight is 417 g/mol. The molecule has 6 nitrogen and oxygen atoms in total. The summed E-state index contributed by atoms with van der Waals surface area (Å²) in [5.41, 5.74) is 2.12. The van der Waals surface area contributed by atoms with Gasteiger partial charge in [0.2, 0.25) is 0 Å². The van der Waals surface area contributed by atoms with Crippen LogP contribution >= 0.6 is 11.3 Å². The third-order valence-electron chi connectivity index (χ3n) is 4.51. The van der Waals surface area contributed by atoms with Gasteiger partial charge in [0.15, 0.2) is 5.13 Å². The van der Waals surface area contributed by atoms with Gasteiger partial charge in [-0.1, -0.05) is 11.6 Å². The molecule has 1 aromatic heterocycles. The van der Waals surface area contributed by atoms with E-state index in [1.54, 1.807) is 30.5 Å². The van der Waals surface area contributed by atoms with Crippen molar-refractivity contribution in [2.45, 2.75) is 18.2 Å². The van der Waals surface area contributed by atoms with Crippen molar-refractivity contribution in [3.63, 3.8) is 0 Å². The number of amides is 1. The molecule has 144 valence electrons. The largest absolute Gasteiger partial charge is 0.308 e. The maximum atomic E-state index is 14.1. The Morgan fingerprint density at radius 1 is 1.25 bits per heavy atom. The lowest BCUT2D eigenvalue weighted by Gasteiger charge is -2.18. The lowest BCUT2D eigenvalue weighted by Crippen LogP contribution is -2.29. The molecule has 28 heavy (non-hydrogen) atoms. The van der Waals surface area contributed by atoms with Gasteiger partial charge < -0.3 is 4.90 Å². The van der Waals surface area contributed by atoms with Gasteiger partial charge in [-0.25, -0.2) is 17.8 Å². The second kappa shape index (κ2) is 6.99. The number of thiazole rings is 1. The molecule has 9 heteroatoms. The molecule has 0 saturated heterocycles. The van der Waals surface area contributed by atoms with Gasteiger partial charge in [0, 0.05) is 23.8 Å². The van der Waals surface area contributed by atoms with E-state index in [0.717, 1.165) is 11.1 Å². The second-order valence-electron chi connectivity index (χ2n) is 6.42. The highest BCUT2D eigenvalue weighted by atomic mass is 32.2. The standard InChI is InChI=1S/C19H16FN3O3S2/c1-12-2-4-16(20)15(10-12)18(24)23-8-6-13-11-14(3-5-17(13)23)28(25,26)22-19-21-7-9-27-19/h2-5,7,9-11H,6,8H2,1H3,(H,21,22). The number of aromatic nitrogens is 1. The molecule has 0 bridgehead atoms. The van der Waals surface area contributed by atoms with Crippen molar-refractivity contribution in [1.29, 1.82) is 0 Å². The van der Waals surface area contributed by atoms with Gasteiger partial charge in [-0.3, -0.25) is 9.52 Å². The van der Waals surface area contributed by atoms with Gasteiger partial charge in [-0.2, -0.15) is 0 Å². The minimum Gasteiger partial charge on any atom is -0.308 e. The minimum absolute atomic E-state index is 0.00924. The number of benzene rings is 2. The van der Waals surface area contributed by atoms with Gasteiger partial charge in [0.1, 0.15) is 5.82 Å². The second-order valence-corrected chi connectivity index (χ2v) is 9.00. The van der Waals surface area contributed by atoms with E-state index in [4.69, 9.17) is 0 Å². The minimum atomic E-state index is -3.77. The van der Waals surface area contributed by atoms with Crippen LogP contribution in [0.2, 0.25) is 0 Å². The van der Waals surface area contributed by atoms with E-state index in [2.05, 4.69) is 9.71 Å². The number of hydrogen-bond acceptors (Lipinski definition) is 5. The summed E-state index contributed by atoms with van der Waals surface area (Å²) in [7, 11) is -3.77. The van der Waals surface area contributed by atoms with Crippen molar-refractivity contribution in [2.75, 3.05) is 16.2 Å². The van der Waals surface area contributed by atoms with Crippen LogP contribution in [0.5, 0.6) is 0 Å². The molecule has 0 aliphatic carbocycles. The smallest absolute Gasteiger partial charge is 0.263 e. The van der Waals surface area contributed by atoms with E-state index >= 15 is 0 Å². The van der Waals surface area contributed by atoms with Crippen molar-refractivity contribution in [3.05, 3.63) is 70.5 Å². The van der Waals surface area contributed by atoms with E-state index in [-0.39, 0.29) is 15.6 Å². The van der Waals surface area contributed by atoms with Crippen molar-refractivity contribution < 1.29 is 17.6 Å². The molecule has 1 aliphatic rings. The van der Waals surface area contributed by atoms with Crippen LogP contribution in [-0.2, 0) is 16.4 Å². The summed E-state index contributed by atoms with van der Waals surface area (Å²) in [5.74, 6) is -1.01. The summed E-state index contributed by atoms with van der Waals surface area (Å²) < 4.78 is 41.6. The molecule has 0 radical (unpaired) electrons. The van der Waals surface area contributed by atoms with Crippen molar-refractivity contribution in [2.24, 2.45) is 0 Å². The zero-order valence-corrected chi connectivity index (χ0v) is 16.5. The molecule has 1 N–H and O–H groups in total. The molecule has 1 amide bonds. The zero-order chi connectivity index (χ0) is 19.9. The molecular formula is C19H16FN3O3S2. The summed E-state index contributed by atoms with van der Waals surface area (Å²) in [5, 5.41) is 1.96. The molecule has 4 rings (SSSR count). The monoisotopic (exact) mass is 417 g/mol. The van der Waals surface area contributed by atoms with Crippen LogP contribution in [0.4, 0.5) is 15.2 Å². The third kappa shape index (κ3) is 3.38. The molecule has 0 saturated carbocycles.